The van der Waals surface area contributed by atoms with Crippen molar-refractivity contribution in [1.82, 2.24) is 5.32 Å². The molecule has 0 aromatic heterocycles. The first-order valence-electron chi connectivity index (χ1n) is 6.02. The Morgan fingerprint density at radius 2 is 1.39 bits per heavy atom. The van der Waals surface area contributed by atoms with Gasteiger partial charge in [0.05, 0.1) is 5.92 Å². The van der Waals surface area contributed by atoms with Crippen LogP contribution in [0.15, 0.2) is 0 Å². The van der Waals surface area contributed by atoms with Gasteiger partial charge < -0.3 is 20.3 Å². The summed E-state index contributed by atoms with van der Waals surface area (Å²) in [5.74, 6) is -4.14. The van der Waals surface area contributed by atoms with Crippen LogP contribution in [-0.4, -0.2) is 41.0 Å². The molecule has 0 fully saturated rings. The Bertz CT molecular complexity index is 253. The van der Waals surface area contributed by atoms with E-state index in [1.54, 1.807) is 0 Å². The number of hydrogen-bond donors (Lipinski definition) is 3. The lowest BCUT2D eigenvalue weighted by atomic mass is 9.94. The van der Waals surface area contributed by atoms with Crippen LogP contribution in [0.2, 0.25) is 0 Å². The van der Waals surface area contributed by atoms with E-state index >= 15 is 0 Å². The second-order valence-corrected chi connectivity index (χ2v) is 2.96. The summed E-state index contributed by atoms with van der Waals surface area (Å²) < 4.78 is 0. The van der Waals surface area contributed by atoms with Crippen molar-refractivity contribution in [2.75, 3.05) is 7.05 Å². The van der Waals surface area contributed by atoms with Gasteiger partial charge in [0.2, 0.25) is 0 Å². The number of likely N-dealkylation sites (N-methyl/N-ethyl adjacent to an activating group) is 1. The summed E-state index contributed by atoms with van der Waals surface area (Å²) in [6.45, 7) is 9.23. The summed E-state index contributed by atoms with van der Waals surface area (Å²) in [5.41, 5.74) is 0. The number of carbonyl (C=O) groups is 3. The number of nitrogens with one attached hydrogen (secondary N) is 1. The predicted octanol–water partition coefficient (Wildman–Crippen LogP) is 1.39. The maximum atomic E-state index is 10.7. The summed E-state index contributed by atoms with van der Waals surface area (Å²) in [6.07, 6.45) is -0.285. The van der Waals surface area contributed by atoms with Gasteiger partial charge in [-0.1, -0.05) is 27.7 Å². The summed E-state index contributed by atoms with van der Waals surface area (Å²) in [6, 6.07) is -1.24. The molecule has 108 valence electrons. The highest BCUT2D eigenvalue weighted by Gasteiger charge is 2.33. The smallest absolute Gasteiger partial charge is 0.321 e. The summed E-state index contributed by atoms with van der Waals surface area (Å²) >= 11 is 0. The van der Waals surface area contributed by atoms with E-state index in [1.807, 2.05) is 27.7 Å². The summed E-state index contributed by atoms with van der Waals surface area (Å²) in [4.78, 5) is 32.0. The molecule has 0 aromatic carbocycles. The van der Waals surface area contributed by atoms with Crippen molar-refractivity contribution in [3.05, 3.63) is 0 Å². The van der Waals surface area contributed by atoms with Gasteiger partial charge >= 0.3 is 11.9 Å². The van der Waals surface area contributed by atoms with Crippen molar-refractivity contribution in [2.24, 2.45) is 5.92 Å². The second kappa shape index (κ2) is 13.6. The molecule has 0 bridgehead atoms. The molecule has 2 unspecified atom stereocenters. The lowest BCUT2D eigenvalue weighted by Gasteiger charge is -2.18. The first-order chi connectivity index (χ1) is 8.40. The standard InChI is InChI=1S/C8H13NO5.2C2H6/c1-4(10)3-5(7(11)12)6(9-2)8(13)14;2*1-2/h5-6,9H,3H2,1-2H3,(H,11,12)(H,13,14);2*1-2H3. The Hall–Kier alpha value is -1.43. The highest BCUT2D eigenvalue weighted by Crippen LogP contribution is 2.10. The van der Waals surface area contributed by atoms with Gasteiger partial charge in [-0.15, -0.1) is 0 Å². The Morgan fingerprint density at radius 3 is 1.56 bits per heavy atom. The number of Topliss-reactive ketones (excluding diaryl/α,β-unsaturated/α-hetero) is 1. The van der Waals surface area contributed by atoms with Crippen LogP contribution in [0.5, 0.6) is 0 Å². The molecular formula is C12H25NO5. The number of carbonyl (C=O) groups excluding carboxylic acids is 1. The quantitative estimate of drug-likeness (QED) is 0.669. The van der Waals surface area contributed by atoms with E-state index in [0.29, 0.717) is 0 Å². The molecule has 0 aliphatic carbocycles. The number of carboxylic acid groups (broad SMARTS) is 2. The fraction of sp³-hybridized carbons (Fsp3) is 0.750. The van der Waals surface area contributed by atoms with Gasteiger partial charge in [-0.2, -0.15) is 0 Å². The van der Waals surface area contributed by atoms with Gasteiger partial charge in [0.1, 0.15) is 11.8 Å². The molecule has 0 radical (unpaired) electrons. The number of carboxylic acids is 2. The van der Waals surface area contributed by atoms with Crippen LogP contribution in [0.25, 0.3) is 0 Å². The number of rotatable bonds is 6. The number of ketones is 1. The molecule has 0 saturated carbocycles. The zero-order valence-electron chi connectivity index (χ0n) is 12.0. The normalized spacial score (nSPS) is 11.9. The van der Waals surface area contributed by atoms with Crippen LogP contribution < -0.4 is 5.32 Å². The second-order valence-electron chi connectivity index (χ2n) is 2.96. The molecule has 2 atom stereocenters. The minimum Gasteiger partial charge on any atom is -0.481 e. The fourth-order valence-corrected chi connectivity index (χ4v) is 1.15. The van der Waals surface area contributed by atoms with Crippen LogP contribution in [0.3, 0.4) is 0 Å². The van der Waals surface area contributed by atoms with Crippen LogP contribution in [-0.2, 0) is 14.4 Å². The topological polar surface area (TPSA) is 104 Å². The molecule has 0 heterocycles. The maximum Gasteiger partial charge on any atom is 0.321 e. The first-order valence-corrected chi connectivity index (χ1v) is 6.02. The molecule has 0 rings (SSSR count). The van der Waals surface area contributed by atoms with E-state index in [1.165, 1.54) is 14.0 Å². The molecule has 6 heteroatoms. The van der Waals surface area contributed by atoms with Crippen LogP contribution in [0.4, 0.5) is 0 Å². The lowest BCUT2D eigenvalue weighted by Crippen LogP contribution is -2.44. The van der Waals surface area contributed by atoms with E-state index in [-0.39, 0.29) is 12.2 Å². The highest BCUT2D eigenvalue weighted by molar-refractivity contribution is 5.87. The van der Waals surface area contributed by atoms with Gasteiger partial charge in [-0.05, 0) is 14.0 Å². The van der Waals surface area contributed by atoms with Crippen molar-refractivity contribution in [3.8, 4) is 0 Å². The molecule has 0 aliphatic rings. The van der Waals surface area contributed by atoms with E-state index in [9.17, 15) is 14.4 Å². The third-order valence-corrected chi connectivity index (χ3v) is 1.80. The fourth-order valence-electron chi connectivity index (χ4n) is 1.15. The molecule has 0 amide bonds. The molecule has 6 nitrogen and oxygen atoms in total. The number of hydrogen-bond acceptors (Lipinski definition) is 4. The number of aliphatic carboxylic acids is 2. The summed E-state index contributed by atoms with van der Waals surface area (Å²) in [7, 11) is 1.34. The van der Waals surface area contributed by atoms with Crippen molar-refractivity contribution in [3.63, 3.8) is 0 Å². The third kappa shape index (κ3) is 9.77. The average Bonchev–Trinajstić information content (AvgIpc) is 2.33. The van der Waals surface area contributed by atoms with Gasteiger partial charge in [0.25, 0.3) is 0 Å². The van der Waals surface area contributed by atoms with Crippen molar-refractivity contribution in [1.29, 1.82) is 0 Å². The zero-order chi connectivity index (χ0) is 15.3. The molecule has 0 saturated heterocycles. The van der Waals surface area contributed by atoms with Gasteiger partial charge in [0, 0.05) is 6.42 Å². The molecule has 3 N–H and O–H groups in total. The Morgan fingerprint density at radius 1 is 1.00 bits per heavy atom. The van der Waals surface area contributed by atoms with Crippen LogP contribution >= 0.6 is 0 Å². The molecule has 0 aliphatic heterocycles. The Balaban J connectivity index is -0.000000506. The largest absolute Gasteiger partial charge is 0.481 e. The van der Waals surface area contributed by atoms with Gasteiger partial charge in [0.15, 0.2) is 0 Å². The van der Waals surface area contributed by atoms with Crippen molar-refractivity contribution >= 4 is 17.7 Å². The lowest BCUT2D eigenvalue weighted by molar-refractivity contribution is -0.151. The monoisotopic (exact) mass is 263 g/mol. The van der Waals surface area contributed by atoms with Crippen LogP contribution in [0, 0.1) is 5.92 Å². The summed E-state index contributed by atoms with van der Waals surface area (Å²) in [5, 5.41) is 19.7. The minimum atomic E-state index is -1.29. The third-order valence-electron chi connectivity index (χ3n) is 1.80. The Kier molecular flexibility index (Phi) is 16.5. The van der Waals surface area contributed by atoms with E-state index < -0.39 is 23.9 Å². The van der Waals surface area contributed by atoms with E-state index in [0.717, 1.165) is 0 Å². The minimum absolute atomic E-state index is 0.285. The SMILES string of the molecule is CC.CC.CNC(C(=O)O)C(CC(C)=O)C(=O)O. The highest BCUT2D eigenvalue weighted by atomic mass is 16.4. The molecule has 18 heavy (non-hydrogen) atoms. The first kappa shape index (κ1) is 21.8. The maximum absolute atomic E-state index is 10.7. The van der Waals surface area contributed by atoms with Gasteiger partial charge in [-0.3, -0.25) is 9.59 Å². The van der Waals surface area contributed by atoms with Crippen molar-refractivity contribution in [2.45, 2.75) is 47.1 Å². The molecule has 0 aromatic rings. The van der Waals surface area contributed by atoms with E-state index in [4.69, 9.17) is 10.2 Å². The average molecular weight is 263 g/mol. The molecule has 0 spiro atoms. The van der Waals surface area contributed by atoms with Crippen molar-refractivity contribution < 1.29 is 24.6 Å². The Labute approximate surface area is 108 Å². The predicted molar refractivity (Wildman–Crippen MR) is 69.6 cm³/mol. The van der Waals surface area contributed by atoms with Crippen LogP contribution in [0.1, 0.15) is 41.0 Å². The molecular weight excluding hydrogens is 238 g/mol. The van der Waals surface area contributed by atoms with E-state index in [2.05, 4.69) is 5.32 Å². The van der Waals surface area contributed by atoms with Gasteiger partial charge in [-0.25, -0.2) is 0 Å². The zero-order valence-corrected chi connectivity index (χ0v) is 12.0.